The molecule has 2 amide bonds. The molecule has 4 N–H and O–H groups in total. The van der Waals surface area contributed by atoms with Crippen LogP contribution < -0.4 is 10.6 Å². The molecule has 7 nitrogen and oxygen atoms in total. The first-order valence-electron chi connectivity index (χ1n) is 3.60. The van der Waals surface area contributed by atoms with Crippen molar-refractivity contribution in [3.05, 3.63) is 0 Å². The summed E-state index contributed by atoms with van der Waals surface area (Å²) >= 11 is 0. The van der Waals surface area contributed by atoms with Crippen LogP contribution in [-0.4, -0.2) is 44.0 Å². The minimum Gasteiger partial charge on any atom is -0.448 e. The van der Waals surface area contributed by atoms with Crippen molar-refractivity contribution in [2.75, 3.05) is 26.3 Å². The van der Waals surface area contributed by atoms with Gasteiger partial charge in [0.15, 0.2) is 0 Å². The Labute approximate surface area is 74.7 Å². The van der Waals surface area contributed by atoms with Gasteiger partial charge in [0.1, 0.15) is 13.2 Å². The Kier molecular flexibility index (Phi) is 5.37. The normalized spacial score (nSPS) is 18.2. The number of hydrogen-bond donors (Lipinski definition) is 2. The Hall–Kier alpha value is -1.50. The molecular formula is C6H12N2O5. The molecule has 7 heteroatoms. The molecule has 2 fully saturated rings. The lowest BCUT2D eigenvalue weighted by Gasteiger charge is -1.80. The van der Waals surface area contributed by atoms with E-state index < -0.39 is 0 Å². The molecule has 13 heavy (non-hydrogen) atoms. The lowest BCUT2D eigenvalue weighted by molar-refractivity contribution is 0.177. The average molecular weight is 192 g/mol. The Bertz CT molecular complexity index is 148. The van der Waals surface area contributed by atoms with Crippen molar-refractivity contribution in [2.45, 2.75) is 0 Å². The smallest absolute Gasteiger partial charge is 0.407 e. The summed E-state index contributed by atoms with van der Waals surface area (Å²) in [6.45, 7) is 2.38. The summed E-state index contributed by atoms with van der Waals surface area (Å²) in [5, 5.41) is 4.92. The predicted molar refractivity (Wildman–Crippen MR) is 42.3 cm³/mol. The van der Waals surface area contributed by atoms with Crippen LogP contribution in [0.5, 0.6) is 0 Å². The second-order valence-corrected chi connectivity index (χ2v) is 2.13. The quantitative estimate of drug-likeness (QED) is 0.493. The van der Waals surface area contributed by atoms with Crippen LogP contribution in [0.25, 0.3) is 0 Å². The van der Waals surface area contributed by atoms with Crippen LogP contribution in [0.3, 0.4) is 0 Å². The zero-order valence-corrected chi connectivity index (χ0v) is 6.96. The van der Waals surface area contributed by atoms with Gasteiger partial charge in [-0.15, -0.1) is 0 Å². The number of carbonyl (C=O) groups excluding carboxylic acids is 2. The first-order chi connectivity index (χ1) is 5.79. The number of ether oxygens (including phenoxy) is 2. The second-order valence-electron chi connectivity index (χ2n) is 2.13. The molecule has 2 saturated heterocycles. The molecule has 0 atom stereocenters. The summed E-state index contributed by atoms with van der Waals surface area (Å²) in [5.41, 5.74) is 0. The maximum atomic E-state index is 9.91. The molecular weight excluding hydrogens is 180 g/mol. The molecule has 0 bridgehead atoms. The summed E-state index contributed by atoms with van der Waals surface area (Å²) in [5.74, 6) is 0. The number of cyclic esters (lactones) is 2. The zero-order valence-electron chi connectivity index (χ0n) is 6.96. The molecule has 0 aliphatic carbocycles. The minimum absolute atomic E-state index is 0. The van der Waals surface area contributed by atoms with Gasteiger partial charge in [0.25, 0.3) is 0 Å². The zero-order chi connectivity index (χ0) is 8.81. The Morgan fingerprint density at radius 2 is 1.31 bits per heavy atom. The molecule has 0 saturated carbocycles. The van der Waals surface area contributed by atoms with Crippen molar-refractivity contribution < 1.29 is 24.5 Å². The third-order valence-corrected chi connectivity index (χ3v) is 1.21. The molecule has 0 unspecified atom stereocenters. The van der Waals surface area contributed by atoms with Crippen molar-refractivity contribution >= 4 is 12.2 Å². The van der Waals surface area contributed by atoms with Crippen molar-refractivity contribution in [3.63, 3.8) is 0 Å². The van der Waals surface area contributed by atoms with Gasteiger partial charge in [-0.3, -0.25) is 0 Å². The van der Waals surface area contributed by atoms with E-state index >= 15 is 0 Å². The first kappa shape index (κ1) is 11.5. The second kappa shape index (κ2) is 6.06. The highest BCUT2D eigenvalue weighted by Crippen LogP contribution is 1.82. The maximum Gasteiger partial charge on any atom is 0.407 e. The van der Waals surface area contributed by atoms with E-state index in [9.17, 15) is 9.59 Å². The average Bonchev–Trinajstić information content (AvgIpc) is 2.63. The SMILES string of the molecule is O.O=C1NCCO1.O=C1NCCO1. The molecule has 0 aromatic carbocycles. The largest absolute Gasteiger partial charge is 0.448 e. The number of rotatable bonds is 0. The van der Waals surface area contributed by atoms with Gasteiger partial charge in [-0.1, -0.05) is 0 Å². The number of amides is 2. The molecule has 0 spiro atoms. The third kappa shape index (κ3) is 4.86. The molecule has 0 aromatic rings. The van der Waals surface area contributed by atoms with E-state index in [4.69, 9.17) is 0 Å². The van der Waals surface area contributed by atoms with Crippen LogP contribution in [0.15, 0.2) is 0 Å². The lowest BCUT2D eigenvalue weighted by atomic mass is 10.7. The fourth-order valence-electron chi connectivity index (χ4n) is 0.696. The molecule has 2 heterocycles. The number of carbonyl (C=O) groups is 2. The Morgan fingerprint density at radius 1 is 0.923 bits per heavy atom. The molecule has 2 aliphatic heterocycles. The highest BCUT2D eigenvalue weighted by Gasteiger charge is 2.06. The minimum atomic E-state index is -0.296. The van der Waals surface area contributed by atoms with Crippen LogP contribution in [0, 0.1) is 0 Å². The van der Waals surface area contributed by atoms with E-state index in [0.29, 0.717) is 26.3 Å². The maximum absolute atomic E-state index is 9.91. The fraction of sp³-hybridized carbons (Fsp3) is 0.667. The van der Waals surface area contributed by atoms with Gasteiger partial charge in [0, 0.05) is 0 Å². The van der Waals surface area contributed by atoms with E-state index in [1.807, 2.05) is 0 Å². The van der Waals surface area contributed by atoms with Gasteiger partial charge in [0.05, 0.1) is 13.1 Å². The van der Waals surface area contributed by atoms with Crippen molar-refractivity contribution in [1.82, 2.24) is 10.6 Å². The summed E-state index contributed by atoms with van der Waals surface area (Å²) in [7, 11) is 0. The summed E-state index contributed by atoms with van der Waals surface area (Å²) in [4.78, 5) is 19.8. The fourth-order valence-corrected chi connectivity index (χ4v) is 0.696. The van der Waals surface area contributed by atoms with E-state index in [1.54, 1.807) is 0 Å². The summed E-state index contributed by atoms with van der Waals surface area (Å²) < 4.78 is 8.81. The first-order valence-corrected chi connectivity index (χ1v) is 3.60. The summed E-state index contributed by atoms with van der Waals surface area (Å²) in [6, 6.07) is 0. The lowest BCUT2D eigenvalue weighted by Crippen LogP contribution is -2.11. The van der Waals surface area contributed by atoms with Crippen LogP contribution in [0.2, 0.25) is 0 Å². The van der Waals surface area contributed by atoms with Crippen LogP contribution in [-0.2, 0) is 9.47 Å². The van der Waals surface area contributed by atoms with E-state index in [0.717, 1.165) is 0 Å². The predicted octanol–water partition coefficient (Wildman–Crippen LogP) is -1.37. The molecule has 0 aromatic heterocycles. The highest BCUT2D eigenvalue weighted by atomic mass is 16.6. The van der Waals surface area contributed by atoms with Crippen LogP contribution in [0.4, 0.5) is 9.59 Å². The molecule has 2 rings (SSSR count). The van der Waals surface area contributed by atoms with Gasteiger partial charge in [0.2, 0.25) is 0 Å². The number of alkyl carbamates (subject to hydrolysis) is 2. The van der Waals surface area contributed by atoms with Gasteiger partial charge < -0.3 is 25.6 Å². The summed E-state index contributed by atoms with van der Waals surface area (Å²) in [6.07, 6.45) is -0.593. The molecule has 2 aliphatic rings. The van der Waals surface area contributed by atoms with Crippen LogP contribution in [0.1, 0.15) is 0 Å². The van der Waals surface area contributed by atoms with Crippen molar-refractivity contribution in [3.8, 4) is 0 Å². The van der Waals surface area contributed by atoms with Crippen molar-refractivity contribution in [2.24, 2.45) is 0 Å². The van der Waals surface area contributed by atoms with E-state index in [2.05, 4.69) is 20.1 Å². The van der Waals surface area contributed by atoms with Gasteiger partial charge in [-0.25, -0.2) is 9.59 Å². The number of hydrogen-bond acceptors (Lipinski definition) is 4. The van der Waals surface area contributed by atoms with Gasteiger partial charge >= 0.3 is 12.2 Å². The van der Waals surface area contributed by atoms with Gasteiger partial charge in [-0.2, -0.15) is 0 Å². The third-order valence-electron chi connectivity index (χ3n) is 1.21. The van der Waals surface area contributed by atoms with E-state index in [1.165, 1.54) is 0 Å². The van der Waals surface area contributed by atoms with Gasteiger partial charge in [-0.05, 0) is 0 Å². The number of nitrogens with one attached hydrogen (secondary N) is 2. The molecule has 76 valence electrons. The van der Waals surface area contributed by atoms with Crippen LogP contribution >= 0.6 is 0 Å². The Balaban J connectivity index is 0.000000206. The standard InChI is InChI=1S/2C3H5NO2.H2O/c2*5-3-4-1-2-6-3;/h2*1-2H2,(H,4,5);1H2. The Morgan fingerprint density at radius 3 is 1.38 bits per heavy atom. The monoisotopic (exact) mass is 192 g/mol. The molecule has 0 radical (unpaired) electrons. The van der Waals surface area contributed by atoms with Crippen molar-refractivity contribution in [1.29, 1.82) is 0 Å². The highest BCUT2D eigenvalue weighted by molar-refractivity contribution is 5.68. The van der Waals surface area contributed by atoms with E-state index in [-0.39, 0.29) is 17.7 Å². The topological polar surface area (TPSA) is 108 Å².